The summed E-state index contributed by atoms with van der Waals surface area (Å²) in [6.45, 7) is 6.33. The second-order valence-corrected chi connectivity index (χ2v) is 7.06. The number of thioether (sulfide) groups is 1. The summed E-state index contributed by atoms with van der Waals surface area (Å²) in [5.41, 5.74) is 4.07. The van der Waals surface area contributed by atoms with Crippen molar-refractivity contribution in [3.8, 4) is 0 Å². The van der Waals surface area contributed by atoms with Crippen molar-refractivity contribution < 1.29 is 0 Å². The average molecular weight is 367 g/mol. The third kappa shape index (κ3) is 2.03. The quantitative estimate of drug-likeness (QED) is 0.713. The molecule has 20 heavy (non-hydrogen) atoms. The molecule has 5 heteroatoms. The Morgan fingerprint density at radius 3 is 2.95 bits per heavy atom. The van der Waals surface area contributed by atoms with E-state index in [0.29, 0.717) is 0 Å². The summed E-state index contributed by atoms with van der Waals surface area (Å²) >= 11 is 3.65. The van der Waals surface area contributed by atoms with Crippen LogP contribution in [0.2, 0.25) is 0 Å². The molecule has 0 bridgehead atoms. The molecule has 1 aromatic carbocycles. The van der Waals surface area contributed by atoms with E-state index in [9.17, 15) is 0 Å². The molecule has 0 unspecified atom stereocenters. The number of benzene rings is 1. The topological polar surface area (TPSA) is 15.6 Å². The van der Waals surface area contributed by atoms with Crippen LogP contribution >= 0.6 is 40.1 Å². The number of aliphatic imine (C=N–C) groups is 1. The smallest absolute Gasteiger partial charge is 0.168 e. The standard InChI is InChI=1S/C15H14N2S2.BrH/c1-9-3-4-13-11(7-9)12(8-18-13)14-10(2)19-15-16-5-6-17(14)15;/h3-4,7-8H,5-6H2,1-2H3;1H. The number of hydrogen-bond acceptors (Lipinski definition) is 4. The van der Waals surface area contributed by atoms with Gasteiger partial charge in [0, 0.05) is 32.5 Å². The molecule has 0 atom stereocenters. The molecule has 0 amide bonds. The summed E-state index contributed by atoms with van der Waals surface area (Å²) in [4.78, 5) is 8.33. The highest BCUT2D eigenvalue weighted by Gasteiger charge is 2.31. The molecule has 104 valence electrons. The molecular formula is C15H15BrN2S2. The van der Waals surface area contributed by atoms with Gasteiger partial charge in [-0.15, -0.1) is 28.3 Å². The van der Waals surface area contributed by atoms with Crippen LogP contribution in [0.3, 0.4) is 0 Å². The molecule has 1 aromatic heterocycles. The first kappa shape index (κ1) is 14.2. The van der Waals surface area contributed by atoms with Gasteiger partial charge in [-0.3, -0.25) is 4.99 Å². The van der Waals surface area contributed by atoms with Crippen molar-refractivity contribution in [2.75, 3.05) is 13.1 Å². The number of halogens is 1. The maximum atomic E-state index is 4.57. The highest BCUT2D eigenvalue weighted by Crippen LogP contribution is 2.44. The Morgan fingerprint density at radius 1 is 1.25 bits per heavy atom. The Kier molecular flexibility index (Phi) is 3.69. The van der Waals surface area contributed by atoms with E-state index in [1.807, 2.05) is 23.1 Å². The molecule has 0 fully saturated rings. The van der Waals surface area contributed by atoms with Crippen LogP contribution in [0.15, 0.2) is 33.5 Å². The lowest BCUT2D eigenvalue weighted by Crippen LogP contribution is -2.19. The lowest BCUT2D eigenvalue weighted by Gasteiger charge is -2.16. The number of rotatable bonds is 1. The van der Waals surface area contributed by atoms with Crippen molar-refractivity contribution >= 4 is 61.0 Å². The van der Waals surface area contributed by atoms with Gasteiger partial charge in [0.05, 0.1) is 12.2 Å². The van der Waals surface area contributed by atoms with Crippen LogP contribution in [0.25, 0.3) is 15.8 Å². The fourth-order valence-electron chi connectivity index (χ4n) is 2.76. The second kappa shape index (κ2) is 5.20. The predicted molar refractivity (Wildman–Crippen MR) is 96.1 cm³/mol. The molecule has 0 saturated carbocycles. The van der Waals surface area contributed by atoms with E-state index in [4.69, 9.17) is 0 Å². The number of fused-ring (bicyclic) bond motifs is 2. The van der Waals surface area contributed by atoms with Crippen LogP contribution in [0.4, 0.5) is 0 Å². The van der Waals surface area contributed by atoms with Crippen molar-refractivity contribution in [3.63, 3.8) is 0 Å². The van der Waals surface area contributed by atoms with Crippen LogP contribution in [0.5, 0.6) is 0 Å². The fourth-order valence-corrected chi connectivity index (χ4v) is 4.72. The van der Waals surface area contributed by atoms with Crippen LogP contribution in [0.1, 0.15) is 18.1 Å². The van der Waals surface area contributed by atoms with E-state index in [0.717, 1.165) is 13.1 Å². The maximum absolute atomic E-state index is 4.57. The number of allylic oxidation sites excluding steroid dienone is 1. The molecule has 0 spiro atoms. The highest BCUT2D eigenvalue weighted by molar-refractivity contribution is 8.93. The third-order valence-electron chi connectivity index (χ3n) is 3.63. The van der Waals surface area contributed by atoms with Gasteiger partial charge in [0.25, 0.3) is 0 Å². The number of amidine groups is 1. The summed E-state index contributed by atoms with van der Waals surface area (Å²) in [6.07, 6.45) is 0. The Bertz CT molecular complexity index is 745. The monoisotopic (exact) mass is 366 g/mol. The fraction of sp³-hybridized carbons (Fsp3) is 0.267. The van der Waals surface area contributed by atoms with E-state index in [1.54, 1.807) is 0 Å². The molecule has 2 aromatic rings. The molecule has 0 aliphatic carbocycles. The van der Waals surface area contributed by atoms with E-state index in [2.05, 4.69) is 47.3 Å². The Morgan fingerprint density at radius 2 is 2.10 bits per heavy atom. The predicted octanol–water partition coefficient (Wildman–Crippen LogP) is 4.89. The average Bonchev–Trinajstić information content (AvgIpc) is 3.03. The SMILES string of the molecule is Br.CC1=C(c2csc3ccc(C)cc23)N2CCN=C2S1. The molecular weight excluding hydrogens is 352 g/mol. The van der Waals surface area contributed by atoms with Crippen molar-refractivity contribution in [1.29, 1.82) is 0 Å². The Balaban J connectivity index is 0.00000121. The van der Waals surface area contributed by atoms with Gasteiger partial charge < -0.3 is 4.90 Å². The van der Waals surface area contributed by atoms with Gasteiger partial charge >= 0.3 is 0 Å². The first-order valence-corrected chi connectivity index (χ1v) is 8.12. The van der Waals surface area contributed by atoms with Crippen LogP contribution in [-0.4, -0.2) is 23.2 Å². The van der Waals surface area contributed by atoms with Crippen LogP contribution < -0.4 is 0 Å². The molecule has 0 radical (unpaired) electrons. The molecule has 2 aliphatic rings. The number of aryl methyl sites for hydroxylation is 1. The zero-order chi connectivity index (χ0) is 13.0. The van der Waals surface area contributed by atoms with Crippen molar-refractivity contribution in [3.05, 3.63) is 39.6 Å². The first-order chi connectivity index (χ1) is 9.24. The van der Waals surface area contributed by atoms with E-state index in [-0.39, 0.29) is 17.0 Å². The molecule has 0 N–H and O–H groups in total. The third-order valence-corrected chi connectivity index (χ3v) is 5.63. The van der Waals surface area contributed by atoms with Crippen molar-refractivity contribution in [1.82, 2.24) is 4.90 Å². The van der Waals surface area contributed by atoms with Gasteiger partial charge in [0.15, 0.2) is 5.17 Å². The Labute approximate surface area is 137 Å². The minimum atomic E-state index is 0. The van der Waals surface area contributed by atoms with Gasteiger partial charge in [0.2, 0.25) is 0 Å². The normalized spacial score (nSPS) is 17.5. The summed E-state index contributed by atoms with van der Waals surface area (Å²) < 4.78 is 1.37. The van der Waals surface area contributed by atoms with E-state index in [1.165, 1.54) is 37.0 Å². The van der Waals surface area contributed by atoms with Crippen LogP contribution in [0, 0.1) is 6.92 Å². The molecule has 2 aliphatic heterocycles. The van der Waals surface area contributed by atoms with Crippen molar-refractivity contribution in [2.45, 2.75) is 13.8 Å². The largest absolute Gasteiger partial charge is 0.318 e. The van der Waals surface area contributed by atoms with Gasteiger partial charge in [0.1, 0.15) is 0 Å². The minimum Gasteiger partial charge on any atom is -0.318 e. The molecule has 2 nitrogen and oxygen atoms in total. The lowest BCUT2D eigenvalue weighted by atomic mass is 10.1. The zero-order valence-electron chi connectivity index (χ0n) is 11.3. The molecule has 3 heterocycles. The number of hydrogen-bond donors (Lipinski definition) is 0. The molecule has 0 saturated heterocycles. The van der Waals surface area contributed by atoms with Gasteiger partial charge in [-0.25, -0.2) is 0 Å². The number of thiophene rings is 1. The summed E-state index contributed by atoms with van der Waals surface area (Å²) in [5.74, 6) is 0. The van der Waals surface area contributed by atoms with Gasteiger partial charge in [-0.2, -0.15) is 0 Å². The minimum absolute atomic E-state index is 0. The van der Waals surface area contributed by atoms with E-state index < -0.39 is 0 Å². The maximum Gasteiger partial charge on any atom is 0.168 e. The second-order valence-electron chi connectivity index (χ2n) is 4.97. The van der Waals surface area contributed by atoms with Crippen molar-refractivity contribution in [2.24, 2.45) is 4.99 Å². The lowest BCUT2D eigenvalue weighted by molar-refractivity contribution is 0.649. The summed E-state index contributed by atoms with van der Waals surface area (Å²) in [6, 6.07) is 6.73. The van der Waals surface area contributed by atoms with Gasteiger partial charge in [-0.1, -0.05) is 23.4 Å². The highest BCUT2D eigenvalue weighted by atomic mass is 79.9. The Hall–Kier alpha value is -0.780. The van der Waals surface area contributed by atoms with E-state index >= 15 is 0 Å². The molecule has 4 rings (SSSR count). The van der Waals surface area contributed by atoms with Gasteiger partial charge in [-0.05, 0) is 26.0 Å². The number of nitrogens with zero attached hydrogens (tertiary/aromatic N) is 2. The zero-order valence-corrected chi connectivity index (χ0v) is 14.7. The van der Waals surface area contributed by atoms with Crippen LogP contribution in [-0.2, 0) is 0 Å². The first-order valence-electron chi connectivity index (χ1n) is 6.43. The summed E-state index contributed by atoms with van der Waals surface area (Å²) in [5, 5.41) is 4.86. The summed E-state index contributed by atoms with van der Waals surface area (Å²) in [7, 11) is 0.